The van der Waals surface area contributed by atoms with Gasteiger partial charge in [-0.1, -0.05) is 43.2 Å². The lowest BCUT2D eigenvalue weighted by molar-refractivity contribution is -0.127. The van der Waals surface area contributed by atoms with E-state index in [4.69, 9.17) is 9.84 Å². The minimum Gasteiger partial charge on any atom is -0.496 e. The van der Waals surface area contributed by atoms with Crippen LogP contribution in [0.25, 0.3) is 0 Å². The van der Waals surface area contributed by atoms with Crippen LogP contribution in [0.1, 0.15) is 47.2 Å². The Bertz CT molecular complexity index is 816. The van der Waals surface area contributed by atoms with E-state index in [0.717, 1.165) is 49.0 Å². The Balaban J connectivity index is 1.62. The number of aromatic carboxylic acids is 1. The molecule has 3 rings (SSSR count). The van der Waals surface area contributed by atoms with Gasteiger partial charge in [0.1, 0.15) is 5.75 Å². The van der Waals surface area contributed by atoms with Crippen molar-refractivity contribution in [3.05, 3.63) is 65.2 Å². The molecule has 2 aromatic rings. The molecule has 28 heavy (non-hydrogen) atoms. The van der Waals surface area contributed by atoms with Crippen molar-refractivity contribution in [2.24, 2.45) is 11.8 Å². The fourth-order valence-electron chi connectivity index (χ4n) is 4.04. The summed E-state index contributed by atoms with van der Waals surface area (Å²) in [5, 5.41) is 12.0. The lowest BCUT2D eigenvalue weighted by Gasteiger charge is -2.31. The van der Waals surface area contributed by atoms with E-state index in [1.165, 1.54) is 0 Å². The first-order valence-corrected chi connectivity index (χ1v) is 9.80. The minimum absolute atomic E-state index is 0.00282. The van der Waals surface area contributed by atoms with E-state index < -0.39 is 5.97 Å². The third-order valence-electron chi connectivity index (χ3n) is 5.59. The summed E-state index contributed by atoms with van der Waals surface area (Å²) in [5.41, 5.74) is 2.30. The summed E-state index contributed by atoms with van der Waals surface area (Å²) in [6.07, 6.45) is 5.02. The van der Waals surface area contributed by atoms with Crippen molar-refractivity contribution in [1.29, 1.82) is 0 Å². The SMILES string of the molecule is COc1ccccc1CC1CCCCC1C(=O)NCc1ccc(C(=O)O)cc1. The zero-order valence-corrected chi connectivity index (χ0v) is 16.2. The maximum atomic E-state index is 12.9. The van der Waals surface area contributed by atoms with Crippen LogP contribution in [-0.2, 0) is 17.8 Å². The van der Waals surface area contributed by atoms with E-state index in [2.05, 4.69) is 11.4 Å². The summed E-state index contributed by atoms with van der Waals surface area (Å²) in [6.45, 7) is 0.413. The van der Waals surface area contributed by atoms with Crippen LogP contribution in [0.15, 0.2) is 48.5 Å². The highest BCUT2D eigenvalue weighted by Gasteiger charge is 2.31. The summed E-state index contributed by atoms with van der Waals surface area (Å²) < 4.78 is 5.47. The van der Waals surface area contributed by atoms with Crippen molar-refractivity contribution < 1.29 is 19.4 Å². The number of carboxylic acid groups (broad SMARTS) is 1. The Morgan fingerprint density at radius 1 is 1.07 bits per heavy atom. The van der Waals surface area contributed by atoms with Crippen molar-refractivity contribution in [3.63, 3.8) is 0 Å². The van der Waals surface area contributed by atoms with Crippen LogP contribution in [0.3, 0.4) is 0 Å². The summed E-state index contributed by atoms with van der Waals surface area (Å²) in [4.78, 5) is 23.8. The van der Waals surface area contributed by atoms with E-state index in [0.29, 0.717) is 12.5 Å². The number of benzene rings is 2. The molecule has 0 heterocycles. The van der Waals surface area contributed by atoms with Crippen LogP contribution in [0.4, 0.5) is 0 Å². The van der Waals surface area contributed by atoms with Gasteiger partial charge in [-0.05, 0) is 54.5 Å². The van der Waals surface area contributed by atoms with Crippen LogP contribution in [0.5, 0.6) is 5.75 Å². The first-order chi connectivity index (χ1) is 13.6. The predicted octanol–water partition coefficient (Wildman–Crippen LogP) is 4.06. The van der Waals surface area contributed by atoms with Crippen molar-refractivity contribution in [2.75, 3.05) is 7.11 Å². The second kappa shape index (κ2) is 9.40. The molecule has 0 radical (unpaired) electrons. The Morgan fingerprint density at radius 2 is 1.79 bits per heavy atom. The minimum atomic E-state index is -0.947. The molecule has 2 N–H and O–H groups in total. The molecule has 0 aromatic heterocycles. The fraction of sp³-hybridized carbons (Fsp3) is 0.391. The molecule has 5 nitrogen and oxygen atoms in total. The summed E-state index contributed by atoms with van der Waals surface area (Å²) in [5.74, 6) is 0.320. The highest BCUT2D eigenvalue weighted by Crippen LogP contribution is 2.34. The molecule has 1 aliphatic carbocycles. The number of para-hydroxylation sites is 1. The third-order valence-corrected chi connectivity index (χ3v) is 5.59. The van der Waals surface area contributed by atoms with Gasteiger partial charge in [-0.25, -0.2) is 4.79 Å². The number of hydrogen-bond acceptors (Lipinski definition) is 3. The van der Waals surface area contributed by atoms with Crippen molar-refractivity contribution in [2.45, 2.75) is 38.6 Å². The van der Waals surface area contributed by atoms with E-state index in [9.17, 15) is 9.59 Å². The number of amides is 1. The van der Waals surface area contributed by atoms with Crippen LogP contribution < -0.4 is 10.1 Å². The smallest absolute Gasteiger partial charge is 0.335 e. The Hall–Kier alpha value is -2.82. The van der Waals surface area contributed by atoms with Gasteiger partial charge in [-0.15, -0.1) is 0 Å². The summed E-state index contributed by atoms with van der Waals surface area (Å²) >= 11 is 0. The molecule has 0 bridgehead atoms. The molecule has 2 unspecified atom stereocenters. The lowest BCUT2D eigenvalue weighted by atomic mass is 9.75. The van der Waals surface area contributed by atoms with Gasteiger partial charge < -0.3 is 15.2 Å². The Kier molecular flexibility index (Phi) is 6.69. The van der Waals surface area contributed by atoms with E-state index >= 15 is 0 Å². The maximum Gasteiger partial charge on any atom is 0.335 e. The van der Waals surface area contributed by atoms with Gasteiger partial charge in [0.05, 0.1) is 12.7 Å². The Morgan fingerprint density at radius 3 is 2.50 bits per heavy atom. The number of rotatable bonds is 7. The number of methoxy groups -OCH3 is 1. The molecular formula is C23H27NO4. The second-order valence-corrected chi connectivity index (χ2v) is 7.39. The second-order valence-electron chi connectivity index (χ2n) is 7.39. The molecule has 2 aromatic carbocycles. The van der Waals surface area contributed by atoms with Gasteiger partial charge in [-0.2, -0.15) is 0 Å². The number of carbonyl (C=O) groups is 2. The molecule has 1 aliphatic rings. The van der Waals surface area contributed by atoms with Crippen molar-refractivity contribution in [1.82, 2.24) is 5.32 Å². The fourth-order valence-corrected chi connectivity index (χ4v) is 4.04. The van der Waals surface area contributed by atoms with Crippen LogP contribution in [0, 0.1) is 11.8 Å². The zero-order valence-electron chi connectivity index (χ0n) is 16.2. The number of hydrogen-bond donors (Lipinski definition) is 2. The summed E-state index contributed by atoms with van der Waals surface area (Å²) in [7, 11) is 1.68. The molecular weight excluding hydrogens is 354 g/mol. The van der Waals surface area contributed by atoms with Crippen LogP contribution in [0.2, 0.25) is 0 Å². The average Bonchev–Trinajstić information content (AvgIpc) is 2.73. The normalized spacial score (nSPS) is 19.0. The monoisotopic (exact) mass is 381 g/mol. The number of nitrogens with one attached hydrogen (secondary N) is 1. The quantitative estimate of drug-likeness (QED) is 0.758. The molecule has 5 heteroatoms. The molecule has 0 aliphatic heterocycles. The average molecular weight is 381 g/mol. The van der Waals surface area contributed by atoms with Gasteiger partial charge >= 0.3 is 5.97 Å². The third kappa shape index (κ3) is 4.91. The van der Waals surface area contributed by atoms with Crippen molar-refractivity contribution in [3.8, 4) is 5.75 Å². The van der Waals surface area contributed by atoms with Gasteiger partial charge in [-0.3, -0.25) is 4.79 Å². The Labute approximate surface area is 165 Å². The molecule has 1 amide bonds. The van der Waals surface area contributed by atoms with Crippen molar-refractivity contribution >= 4 is 11.9 Å². The summed E-state index contributed by atoms with van der Waals surface area (Å²) in [6, 6.07) is 14.6. The number of ether oxygens (including phenoxy) is 1. The first-order valence-electron chi connectivity index (χ1n) is 9.80. The van der Waals surface area contributed by atoms with E-state index in [-0.39, 0.29) is 17.4 Å². The maximum absolute atomic E-state index is 12.9. The largest absolute Gasteiger partial charge is 0.496 e. The molecule has 0 spiro atoms. The molecule has 1 saturated carbocycles. The zero-order chi connectivity index (χ0) is 19.9. The highest BCUT2D eigenvalue weighted by molar-refractivity contribution is 5.87. The molecule has 148 valence electrons. The molecule has 0 saturated heterocycles. The number of carbonyl (C=O) groups excluding carboxylic acids is 1. The number of carboxylic acids is 1. The van der Waals surface area contributed by atoms with Gasteiger partial charge in [0.25, 0.3) is 0 Å². The molecule has 2 atom stereocenters. The predicted molar refractivity (Wildman–Crippen MR) is 107 cm³/mol. The molecule has 1 fully saturated rings. The van der Waals surface area contributed by atoms with Crippen LogP contribution >= 0.6 is 0 Å². The first kappa shape index (κ1) is 19.9. The lowest BCUT2D eigenvalue weighted by Crippen LogP contribution is -2.37. The standard InChI is InChI=1S/C23H27NO4/c1-28-21-9-5-3-7-19(21)14-18-6-2-4-8-20(18)22(25)24-15-16-10-12-17(13-11-16)23(26)27/h3,5,7,9-13,18,20H,2,4,6,8,14-15H2,1H3,(H,24,25)(H,26,27). The van der Waals surface area contributed by atoms with Crippen LogP contribution in [-0.4, -0.2) is 24.1 Å². The van der Waals surface area contributed by atoms with E-state index in [1.807, 2.05) is 18.2 Å². The topological polar surface area (TPSA) is 75.6 Å². The van der Waals surface area contributed by atoms with Gasteiger partial charge in [0, 0.05) is 12.5 Å². The highest BCUT2D eigenvalue weighted by atomic mass is 16.5. The van der Waals surface area contributed by atoms with Gasteiger partial charge in [0.15, 0.2) is 0 Å². The van der Waals surface area contributed by atoms with E-state index in [1.54, 1.807) is 31.4 Å². The van der Waals surface area contributed by atoms with Gasteiger partial charge in [0.2, 0.25) is 5.91 Å².